The molecule has 0 amide bonds. The van der Waals surface area contributed by atoms with E-state index in [2.05, 4.69) is 23.6 Å². The first-order chi connectivity index (χ1) is 7.67. The van der Waals surface area contributed by atoms with E-state index in [0.29, 0.717) is 0 Å². The molecule has 1 fully saturated rings. The molecule has 2 unspecified atom stereocenters. The van der Waals surface area contributed by atoms with Crippen LogP contribution in [0.4, 0.5) is 0 Å². The van der Waals surface area contributed by atoms with Crippen molar-refractivity contribution >= 4 is 0 Å². The maximum Gasteiger partial charge on any atom is 0.0512 e. The van der Waals surface area contributed by atoms with Gasteiger partial charge in [0.2, 0.25) is 0 Å². The summed E-state index contributed by atoms with van der Waals surface area (Å²) < 4.78 is 0. The maximum absolute atomic E-state index is 9.22. The summed E-state index contributed by atoms with van der Waals surface area (Å²) in [6.45, 7) is 12.3. The van der Waals surface area contributed by atoms with Gasteiger partial charge in [0.25, 0.3) is 0 Å². The third kappa shape index (κ3) is 4.40. The summed E-state index contributed by atoms with van der Waals surface area (Å²) in [4.78, 5) is 5.11. The molecule has 0 spiro atoms. The summed E-state index contributed by atoms with van der Waals surface area (Å²) in [5.41, 5.74) is 0. The number of likely N-dealkylation sites (tertiary alicyclic amines) is 1. The van der Waals surface area contributed by atoms with Gasteiger partial charge in [0, 0.05) is 12.6 Å². The first-order valence-electron chi connectivity index (χ1n) is 6.81. The topological polar surface area (TPSA) is 26.7 Å². The molecule has 3 nitrogen and oxygen atoms in total. The molecule has 0 aromatic rings. The molecule has 3 heteroatoms. The minimum Gasteiger partial charge on any atom is -0.393 e. The van der Waals surface area contributed by atoms with Crippen LogP contribution in [0.1, 0.15) is 40.0 Å². The highest BCUT2D eigenvalue weighted by molar-refractivity contribution is 4.82. The van der Waals surface area contributed by atoms with Crippen LogP contribution in [0.3, 0.4) is 0 Å². The first-order valence-corrected chi connectivity index (χ1v) is 6.81. The van der Waals surface area contributed by atoms with E-state index >= 15 is 0 Å². The normalized spacial score (nSPS) is 24.2. The van der Waals surface area contributed by atoms with Gasteiger partial charge in [-0.1, -0.05) is 13.8 Å². The Balaban J connectivity index is 2.19. The Kier molecular flexibility index (Phi) is 6.32. The van der Waals surface area contributed by atoms with Crippen molar-refractivity contribution < 1.29 is 5.11 Å². The first kappa shape index (κ1) is 13.9. The molecule has 1 aliphatic rings. The molecule has 0 radical (unpaired) electrons. The van der Waals surface area contributed by atoms with Gasteiger partial charge in [0.15, 0.2) is 0 Å². The number of hydrogen-bond donors (Lipinski definition) is 1. The predicted octanol–water partition coefficient (Wildman–Crippen LogP) is 1.56. The van der Waals surface area contributed by atoms with E-state index in [1.807, 2.05) is 6.92 Å². The van der Waals surface area contributed by atoms with Gasteiger partial charge in [0.1, 0.15) is 0 Å². The molecule has 0 bridgehead atoms. The summed E-state index contributed by atoms with van der Waals surface area (Å²) in [6.07, 6.45) is 3.24. The van der Waals surface area contributed by atoms with Gasteiger partial charge in [-0.3, -0.25) is 4.90 Å². The molecule has 1 N–H and O–H groups in total. The molecular weight excluding hydrogens is 200 g/mol. The lowest BCUT2D eigenvalue weighted by atomic mass is 10.2. The van der Waals surface area contributed by atoms with Crippen molar-refractivity contribution in [3.05, 3.63) is 0 Å². The molecule has 1 saturated heterocycles. The molecule has 1 rings (SSSR count). The molecule has 16 heavy (non-hydrogen) atoms. The Morgan fingerprint density at radius 1 is 1.38 bits per heavy atom. The van der Waals surface area contributed by atoms with Crippen molar-refractivity contribution in [2.24, 2.45) is 0 Å². The van der Waals surface area contributed by atoms with E-state index in [1.54, 1.807) is 0 Å². The summed E-state index contributed by atoms with van der Waals surface area (Å²) in [5, 5.41) is 9.22. The Labute approximate surface area is 100 Å². The fourth-order valence-corrected chi connectivity index (χ4v) is 2.66. The van der Waals surface area contributed by atoms with Crippen molar-refractivity contribution in [3.63, 3.8) is 0 Å². The van der Waals surface area contributed by atoms with Crippen molar-refractivity contribution in [1.82, 2.24) is 9.80 Å². The zero-order valence-corrected chi connectivity index (χ0v) is 11.2. The quantitative estimate of drug-likeness (QED) is 0.716. The number of aliphatic hydroxyl groups excluding tert-OH is 1. The minimum absolute atomic E-state index is 0.138. The number of likely N-dealkylation sites (N-methyl/N-ethyl adjacent to an activating group) is 1. The third-order valence-corrected chi connectivity index (χ3v) is 3.67. The minimum atomic E-state index is -0.138. The molecule has 1 heterocycles. The van der Waals surface area contributed by atoms with E-state index < -0.39 is 0 Å². The average Bonchev–Trinajstić information content (AvgIpc) is 2.68. The molecule has 0 aromatic carbocycles. The van der Waals surface area contributed by atoms with Crippen LogP contribution in [0, 0.1) is 0 Å². The lowest BCUT2D eigenvalue weighted by Gasteiger charge is -2.26. The van der Waals surface area contributed by atoms with Crippen LogP contribution < -0.4 is 0 Å². The van der Waals surface area contributed by atoms with Gasteiger partial charge in [-0.2, -0.15) is 0 Å². The fourth-order valence-electron chi connectivity index (χ4n) is 2.66. The van der Waals surface area contributed by atoms with Crippen molar-refractivity contribution in [2.75, 3.05) is 32.7 Å². The average molecular weight is 228 g/mol. The van der Waals surface area contributed by atoms with Gasteiger partial charge in [0.05, 0.1) is 6.10 Å². The summed E-state index contributed by atoms with van der Waals surface area (Å²) in [7, 11) is 0. The maximum atomic E-state index is 9.22. The Morgan fingerprint density at radius 2 is 2.06 bits per heavy atom. The van der Waals surface area contributed by atoms with E-state index in [4.69, 9.17) is 0 Å². The van der Waals surface area contributed by atoms with Crippen LogP contribution in [-0.4, -0.2) is 59.8 Å². The van der Waals surface area contributed by atoms with Gasteiger partial charge >= 0.3 is 0 Å². The SMILES string of the molecule is CCN(CC)C1CCN(CCCC(C)O)C1. The van der Waals surface area contributed by atoms with E-state index in [-0.39, 0.29) is 6.10 Å². The van der Waals surface area contributed by atoms with Gasteiger partial charge in [-0.15, -0.1) is 0 Å². The smallest absolute Gasteiger partial charge is 0.0512 e. The molecule has 0 saturated carbocycles. The highest BCUT2D eigenvalue weighted by Gasteiger charge is 2.25. The molecule has 2 atom stereocenters. The predicted molar refractivity (Wildman–Crippen MR) is 68.7 cm³/mol. The van der Waals surface area contributed by atoms with Crippen LogP contribution in [0.15, 0.2) is 0 Å². The molecule has 1 aliphatic heterocycles. The summed E-state index contributed by atoms with van der Waals surface area (Å²) >= 11 is 0. The molecule has 96 valence electrons. The van der Waals surface area contributed by atoms with Gasteiger partial charge < -0.3 is 10.0 Å². The Morgan fingerprint density at radius 3 is 2.62 bits per heavy atom. The van der Waals surface area contributed by atoms with Gasteiger partial charge in [-0.05, 0) is 52.4 Å². The van der Waals surface area contributed by atoms with Crippen LogP contribution in [0.5, 0.6) is 0 Å². The second-order valence-corrected chi connectivity index (χ2v) is 4.96. The second kappa shape index (κ2) is 7.25. The molecular formula is C13H28N2O. The van der Waals surface area contributed by atoms with E-state index in [0.717, 1.165) is 25.4 Å². The van der Waals surface area contributed by atoms with Crippen molar-refractivity contribution in [2.45, 2.75) is 52.2 Å². The zero-order chi connectivity index (χ0) is 12.0. The van der Waals surface area contributed by atoms with Crippen molar-refractivity contribution in [1.29, 1.82) is 0 Å². The second-order valence-electron chi connectivity index (χ2n) is 4.96. The standard InChI is InChI=1S/C13H28N2O/c1-4-15(5-2)13-8-10-14(11-13)9-6-7-12(3)16/h12-13,16H,4-11H2,1-3H3. The van der Waals surface area contributed by atoms with Crippen LogP contribution in [-0.2, 0) is 0 Å². The van der Waals surface area contributed by atoms with Crippen molar-refractivity contribution in [3.8, 4) is 0 Å². The van der Waals surface area contributed by atoms with E-state index in [9.17, 15) is 5.11 Å². The summed E-state index contributed by atoms with van der Waals surface area (Å²) in [5.74, 6) is 0. The van der Waals surface area contributed by atoms with E-state index in [1.165, 1.54) is 32.6 Å². The number of hydrogen-bond acceptors (Lipinski definition) is 3. The van der Waals surface area contributed by atoms with Crippen LogP contribution in [0.25, 0.3) is 0 Å². The fraction of sp³-hybridized carbons (Fsp3) is 1.00. The summed E-state index contributed by atoms with van der Waals surface area (Å²) in [6, 6.07) is 0.765. The number of nitrogens with zero attached hydrogens (tertiary/aromatic N) is 2. The Hall–Kier alpha value is -0.120. The lowest BCUT2D eigenvalue weighted by Crippen LogP contribution is -2.37. The Bertz CT molecular complexity index is 181. The molecule has 0 aliphatic carbocycles. The third-order valence-electron chi connectivity index (χ3n) is 3.67. The molecule has 0 aromatic heterocycles. The number of aliphatic hydroxyl groups is 1. The van der Waals surface area contributed by atoms with Crippen LogP contribution >= 0.6 is 0 Å². The highest BCUT2D eigenvalue weighted by Crippen LogP contribution is 2.15. The number of rotatable bonds is 7. The monoisotopic (exact) mass is 228 g/mol. The highest BCUT2D eigenvalue weighted by atomic mass is 16.3. The zero-order valence-electron chi connectivity index (χ0n) is 11.2. The largest absolute Gasteiger partial charge is 0.393 e. The van der Waals surface area contributed by atoms with Gasteiger partial charge in [-0.25, -0.2) is 0 Å². The van der Waals surface area contributed by atoms with Crippen LogP contribution in [0.2, 0.25) is 0 Å². The lowest BCUT2D eigenvalue weighted by molar-refractivity contribution is 0.171.